The van der Waals surface area contributed by atoms with Gasteiger partial charge in [-0.15, -0.1) is 0 Å². The third-order valence-corrected chi connectivity index (χ3v) is 2.18. The van der Waals surface area contributed by atoms with Crippen LogP contribution in [0.5, 0.6) is 0 Å². The molecule has 0 saturated carbocycles. The maximum absolute atomic E-state index is 13.7. The van der Waals surface area contributed by atoms with Crippen LogP contribution in [0.2, 0.25) is 0 Å². The van der Waals surface area contributed by atoms with Crippen molar-refractivity contribution in [3.63, 3.8) is 0 Å². The molecule has 0 aliphatic carbocycles. The van der Waals surface area contributed by atoms with Crippen LogP contribution in [-0.4, -0.2) is 31.3 Å². The molecular formula is C12H16FNO. The predicted molar refractivity (Wildman–Crippen MR) is 58.8 cm³/mol. The zero-order chi connectivity index (χ0) is 11.4. The molecule has 1 aromatic carbocycles. The minimum Gasteiger partial charge on any atom is -0.306 e. The number of benzene rings is 1. The third kappa shape index (κ3) is 3.44. The standard InChI is InChI=1S/C12H16FNO/c1-9(15)10-5-4-6-11(7-10)12(13)8-14(2)3/h4-7,12H,8H2,1-3H3. The van der Waals surface area contributed by atoms with E-state index in [2.05, 4.69) is 0 Å². The van der Waals surface area contributed by atoms with Crippen molar-refractivity contribution in [1.29, 1.82) is 0 Å². The van der Waals surface area contributed by atoms with Crippen LogP contribution < -0.4 is 0 Å². The largest absolute Gasteiger partial charge is 0.306 e. The first-order chi connectivity index (χ1) is 7.00. The number of halogens is 1. The van der Waals surface area contributed by atoms with Crippen molar-refractivity contribution in [3.8, 4) is 0 Å². The molecule has 0 bridgehead atoms. The van der Waals surface area contributed by atoms with Crippen molar-refractivity contribution in [3.05, 3.63) is 35.4 Å². The van der Waals surface area contributed by atoms with Gasteiger partial charge in [0, 0.05) is 12.1 Å². The van der Waals surface area contributed by atoms with Crippen molar-refractivity contribution in [1.82, 2.24) is 4.90 Å². The predicted octanol–water partition coefficient (Wildman–Crippen LogP) is 2.46. The van der Waals surface area contributed by atoms with E-state index in [1.807, 2.05) is 14.1 Å². The van der Waals surface area contributed by atoms with Crippen LogP contribution in [0.3, 0.4) is 0 Å². The summed E-state index contributed by atoms with van der Waals surface area (Å²) in [4.78, 5) is 12.9. The monoisotopic (exact) mass is 209 g/mol. The lowest BCUT2D eigenvalue weighted by atomic mass is 10.0. The Morgan fingerprint density at radius 3 is 2.67 bits per heavy atom. The second kappa shape index (κ2) is 5.03. The summed E-state index contributed by atoms with van der Waals surface area (Å²) in [7, 11) is 3.64. The first-order valence-electron chi connectivity index (χ1n) is 4.90. The van der Waals surface area contributed by atoms with Crippen LogP contribution in [0, 0.1) is 0 Å². The second-order valence-electron chi connectivity index (χ2n) is 3.91. The van der Waals surface area contributed by atoms with Crippen LogP contribution in [-0.2, 0) is 0 Å². The Kier molecular flexibility index (Phi) is 3.97. The summed E-state index contributed by atoms with van der Waals surface area (Å²) < 4.78 is 13.7. The van der Waals surface area contributed by atoms with Crippen LogP contribution in [0.25, 0.3) is 0 Å². The van der Waals surface area contributed by atoms with Crippen LogP contribution >= 0.6 is 0 Å². The maximum Gasteiger partial charge on any atom is 0.159 e. The average molecular weight is 209 g/mol. The van der Waals surface area contributed by atoms with Crippen molar-refractivity contribution >= 4 is 5.78 Å². The minimum atomic E-state index is -1.04. The van der Waals surface area contributed by atoms with Crippen molar-refractivity contribution in [2.45, 2.75) is 13.1 Å². The first-order valence-corrected chi connectivity index (χ1v) is 4.90. The Labute approximate surface area is 89.7 Å². The normalized spacial score (nSPS) is 12.9. The van der Waals surface area contributed by atoms with Crippen LogP contribution in [0.4, 0.5) is 4.39 Å². The number of hydrogen-bond donors (Lipinski definition) is 0. The summed E-state index contributed by atoms with van der Waals surface area (Å²) in [6, 6.07) is 6.75. The van der Waals surface area contributed by atoms with Gasteiger partial charge >= 0.3 is 0 Å². The highest BCUT2D eigenvalue weighted by atomic mass is 19.1. The number of alkyl halides is 1. The van der Waals surface area contributed by atoms with Gasteiger partial charge in [0.2, 0.25) is 0 Å². The van der Waals surface area contributed by atoms with Gasteiger partial charge in [-0.05, 0) is 32.6 Å². The Bertz CT molecular complexity index is 349. The van der Waals surface area contributed by atoms with E-state index >= 15 is 0 Å². The topological polar surface area (TPSA) is 20.3 Å². The number of likely N-dealkylation sites (N-methyl/N-ethyl adjacent to an activating group) is 1. The van der Waals surface area contributed by atoms with E-state index in [0.29, 0.717) is 17.7 Å². The van der Waals surface area contributed by atoms with Gasteiger partial charge in [0.05, 0.1) is 0 Å². The number of rotatable bonds is 4. The molecular weight excluding hydrogens is 193 g/mol. The molecule has 1 atom stereocenters. The van der Waals surface area contributed by atoms with E-state index < -0.39 is 6.17 Å². The molecule has 1 unspecified atom stereocenters. The molecule has 0 aromatic heterocycles. The molecule has 3 heteroatoms. The smallest absolute Gasteiger partial charge is 0.159 e. The molecule has 0 aliphatic rings. The number of carbonyl (C=O) groups is 1. The van der Waals surface area contributed by atoms with Gasteiger partial charge in [0.15, 0.2) is 5.78 Å². The fraction of sp³-hybridized carbons (Fsp3) is 0.417. The lowest BCUT2D eigenvalue weighted by molar-refractivity contribution is 0.101. The summed E-state index contributed by atoms with van der Waals surface area (Å²) in [5.41, 5.74) is 1.13. The number of nitrogens with zero attached hydrogens (tertiary/aromatic N) is 1. The van der Waals surface area contributed by atoms with Gasteiger partial charge in [-0.25, -0.2) is 4.39 Å². The fourth-order valence-corrected chi connectivity index (χ4v) is 1.38. The molecule has 0 radical (unpaired) electrons. The number of Topliss-reactive ketones (excluding diaryl/α,β-unsaturated/α-hetero) is 1. The summed E-state index contributed by atoms with van der Waals surface area (Å²) in [6.45, 7) is 1.82. The van der Waals surface area contributed by atoms with Gasteiger partial charge < -0.3 is 4.90 Å². The molecule has 0 N–H and O–H groups in total. The van der Waals surface area contributed by atoms with Crippen molar-refractivity contribution in [2.75, 3.05) is 20.6 Å². The minimum absolute atomic E-state index is 0.0334. The Morgan fingerprint density at radius 2 is 2.13 bits per heavy atom. The number of carbonyl (C=O) groups excluding carboxylic acids is 1. The zero-order valence-electron chi connectivity index (χ0n) is 9.33. The Balaban J connectivity index is 2.85. The molecule has 0 saturated heterocycles. The van der Waals surface area contributed by atoms with E-state index in [1.165, 1.54) is 6.92 Å². The van der Waals surface area contributed by atoms with Crippen LogP contribution in [0.1, 0.15) is 29.0 Å². The van der Waals surface area contributed by atoms with Crippen LogP contribution in [0.15, 0.2) is 24.3 Å². The highest BCUT2D eigenvalue weighted by molar-refractivity contribution is 5.94. The molecule has 0 spiro atoms. The van der Waals surface area contributed by atoms with Gasteiger partial charge in [-0.2, -0.15) is 0 Å². The van der Waals surface area contributed by atoms with E-state index in [4.69, 9.17) is 0 Å². The second-order valence-corrected chi connectivity index (χ2v) is 3.91. The van der Waals surface area contributed by atoms with Gasteiger partial charge in [-0.3, -0.25) is 4.79 Å². The molecule has 82 valence electrons. The summed E-state index contributed by atoms with van der Waals surface area (Å²) in [6.07, 6.45) is -1.04. The lowest BCUT2D eigenvalue weighted by Gasteiger charge is -2.14. The Hall–Kier alpha value is -1.22. The molecule has 0 fully saturated rings. The first kappa shape index (κ1) is 11.9. The molecule has 2 nitrogen and oxygen atoms in total. The van der Waals surface area contributed by atoms with Gasteiger partial charge in [0.1, 0.15) is 6.17 Å². The zero-order valence-corrected chi connectivity index (χ0v) is 9.33. The summed E-state index contributed by atoms with van der Waals surface area (Å²) in [5, 5.41) is 0. The van der Waals surface area contributed by atoms with E-state index in [1.54, 1.807) is 29.2 Å². The third-order valence-electron chi connectivity index (χ3n) is 2.18. The Morgan fingerprint density at radius 1 is 1.47 bits per heavy atom. The fourth-order valence-electron chi connectivity index (χ4n) is 1.38. The van der Waals surface area contributed by atoms with Crippen molar-refractivity contribution < 1.29 is 9.18 Å². The summed E-state index contributed by atoms with van der Waals surface area (Å²) >= 11 is 0. The molecule has 0 aliphatic heterocycles. The van der Waals surface area contributed by atoms with E-state index in [9.17, 15) is 9.18 Å². The SMILES string of the molecule is CC(=O)c1cccc(C(F)CN(C)C)c1. The quantitative estimate of drug-likeness (QED) is 0.710. The lowest BCUT2D eigenvalue weighted by Crippen LogP contribution is -2.17. The molecule has 0 heterocycles. The molecule has 1 rings (SSSR count). The number of hydrogen-bond acceptors (Lipinski definition) is 2. The highest BCUT2D eigenvalue weighted by Crippen LogP contribution is 2.19. The van der Waals surface area contributed by atoms with E-state index in [0.717, 1.165) is 0 Å². The van der Waals surface area contributed by atoms with E-state index in [-0.39, 0.29) is 5.78 Å². The molecule has 1 aromatic rings. The molecule has 15 heavy (non-hydrogen) atoms. The van der Waals surface area contributed by atoms with Gasteiger partial charge in [0.25, 0.3) is 0 Å². The van der Waals surface area contributed by atoms with Gasteiger partial charge in [-0.1, -0.05) is 18.2 Å². The maximum atomic E-state index is 13.7. The number of ketones is 1. The summed E-state index contributed by atoms with van der Waals surface area (Å²) in [5.74, 6) is -0.0334. The average Bonchev–Trinajstić information content (AvgIpc) is 2.17. The van der Waals surface area contributed by atoms with Crippen molar-refractivity contribution in [2.24, 2.45) is 0 Å². The highest BCUT2D eigenvalue weighted by Gasteiger charge is 2.11. The molecule has 0 amide bonds.